The van der Waals surface area contributed by atoms with Crippen LogP contribution in [0, 0.1) is 5.82 Å². The highest BCUT2D eigenvalue weighted by atomic mass is 19.1. The third kappa shape index (κ3) is 4.30. The molecule has 0 radical (unpaired) electrons. The van der Waals surface area contributed by atoms with Gasteiger partial charge in [0.2, 0.25) is 0 Å². The summed E-state index contributed by atoms with van der Waals surface area (Å²) in [4.78, 5) is 25.6. The van der Waals surface area contributed by atoms with Gasteiger partial charge in [0.05, 0.1) is 11.9 Å². The minimum atomic E-state index is -0.729. The van der Waals surface area contributed by atoms with Gasteiger partial charge in [0.15, 0.2) is 0 Å². The summed E-state index contributed by atoms with van der Waals surface area (Å²) in [5.74, 6) is -1.20. The highest BCUT2D eigenvalue weighted by Crippen LogP contribution is 2.31. The van der Waals surface area contributed by atoms with Crippen LogP contribution in [-0.4, -0.2) is 22.3 Å². The Morgan fingerprint density at radius 3 is 2.19 bits per heavy atom. The molecule has 0 spiro atoms. The summed E-state index contributed by atoms with van der Waals surface area (Å²) in [6.07, 6.45) is 1.18. The lowest BCUT2D eigenvalue weighted by Gasteiger charge is -2.12. The number of carbonyl (C=O) groups is 1. The van der Waals surface area contributed by atoms with Gasteiger partial charge in [0, 0.05) is 16.7 Å². The van der Waals surface area contributed by atoms with Gasteiger partial charge in [-0.3, -0.25) is 9.59 Å². The SMILES string of the molecule is O=C(N/N=C\c1ccccc1F)c1c(-c2ccccc2)c(-c2ccccc2)n[nH]c1=O. The summed E-state index contributed by atoms with van der Waals surface area (Å²) >= 11 is 0. The molecule has 152 valence electrons. The Morgan fingerprint density at radius 1 is 0.903 bits per heavy atom. The molecule has 0 saturated carbocycles. The Hall–Kier alpha value is -4.39. The molecular weight excluding hydrogens is 395 g/mol. The number of amides is 1. The summed E-state index contributed by atoms with van der Waals surface area (Å²) < 4.78 is 13.8. The van der Waals surface area contributed by atoms with E-state index >= 15 is 0 Å². The van der Waals surface area contributed by atoms with Gasteiger partial charge in [-0.2, -0.15) is 10.2 Å². The average Bonchev–Trinajstić information content (AvgIpc) is 2.81. The zero-order valence-electron chi connectivity index (χ0n) is 16.2. The van der Waals surface area contributed by atoms with Crippen molar-refractivity contribution in [2.75, 3.05) is 0 Å². The predicted octanol–water partition coefficient (Wildman–Crippen LogP) is 4.01. The van der Waals surface area contributed by atoms with Crippen LogP contribution in [0.1, 0.15) is 15.9 Å². The number of nitrogens with one attached hydrogen (secondary N) is 2. The molecule has 0 atom stereocenters. The van der Waals surface area contributed by atoms with Crippen LogP contribution < -0.4 is 11.0 Å². The maximum Gasteiger partial charge on any atom is 0.277 e. The van der Waals surface area contributed by atoms with Crippen LogP contribution >= 0.6 is 0 Å². The molecule has 0 aliphatic heterocycles. The lowest BCUT2D eigenvalue weighted by atomic mass is 9.95. The quantitative estimate of drug-likeness (QED) is 0.384. The smallest absolute Gasteiger partial charge is 0.267 e. The number of aromatic nitrogens is 2. The Morgan fingerprint density at radius 2 is 1.52 bits per heavy atom. The molecule has 0 unspecified atom stereocenters. The van der Waals surface area contributed by atoms with E-state index in [1.807, 2.05) is 48.5 Å². The van der Waals surface area contributed by atoms with E-state index in [4.69, 9.17) is 0 Å². The van der Waals surface area contributed by atoms with Crippen molar-refractivity contribution in [3.8, 4) is 22.4 Å². The number of hydrazone groups is 1. The van der Waals surface area contributed by atoms with Crippen LogP contribution in [0.3, 0.4) is 0 Å². The van der Waals surface area contributed by atoms with Gasteiger partial charge >= 0.3 is 0 Å². The molecule has 0 bridgehead atoms. The van der Waals surface area contributed by atoms with Crippen molar-refractivity contribution in [1.29, 1.82) is 0 Å². The second kappa shape index (κ2) is 8.96. The molecule has 0 aliphatic carbocycles. The van der Waals surface area contributed by atoms with E-state index in [-0.39, 0.29) is 11.1 Å². The number of halogens is 1. The van der Waals surface area contributed by atoms with Crippen molar-refractivity contribution in [1.82, 2.24) is 15.6 Å². The summed E-state index contributed by atoms with van der Waals surface area (Å²) in [5.41, 5.74) is 3.97. The molecule has 4 rings (SSSR count). The average molecular weight is 412 g/mol. The lowest BCUT2D eigenvalue weighted by molar-refractivity contribution is 0.0954. The van der Waals surface area contributed by atoms with Crippen LogP contribution in [-0.2, 0) is 0 Å². The van der Waals surface area contributed by atoms with E-state index in [0.29, 0.717) is 16.8 Å². The normalized spacial score (nSPS) is 10.9. The standard InChI is InChI=1S/C24H17FN4O2/c25-19-14-8-7-13-18(19)15-26-28-23(30)21-20(16-9-3-1-4-10-16)22(27-29-24(21)31)17-11-5-2-6-12-17/h1-15H,(H,28,30)(H,29,31)/b26-15-. The maximum atomic E-state index is 13.8. The van der Waals surface area contributed by atoms with Crippen LogP contribution in [0.15, 0.2) is 94.8 Å². The zero-order valence-corrected chi connectivity index (χ0v) is 16.2. The largest absolute Gasteiger partial charge is 0.277 e. The number of aromatic amines is 1. The van der Waals surface area contributed by atoms with Gasteiger partial charge in [-0.15, -0.1) is 0 Å². The summed E-state index contributed by atoms with van der Waals surface area (Å²) in [5, 5.41) is 10.4. The number of rotatable bonds is 5. The van der Waals surface area contributed by atoms with Gasteiger partial charge in [-0.05, 0) is 11.6 Å². The number of benzene rings is 3. The molecule has 0 fully saturated rings. The molecule has 1 heterocycles. The predicted molar refractivity (Wildman–Crippen MR) is 117 cm³/mol. The Labute approximate surface area is 177 Å². The monoisotopic (exact) mass is 412 g/mol. The van der Waals surface area contributed by atoms with Crippen LogP contribution in [0.5, 0.6) is 0 Å². The lowest BCUT2D eigenvalue weighted by Crippen LogP contribution is -2.28. The molecule has 0 aliphatic rings. The van der Waals surface area contributed by atoms with Crippen molar-refractivity contribution in [2.45, 2.75) is 0 Å². The number of hydrogen-bond acceptors (Lipinski definition) is 4. The number of nitrogens with zero attached hydrogens (tertiary/aromatic N) is 2. The first kappa shape index (κ1) is 19.9. The first-order valence-corrected chi connectivity index (χ1v) is 9.46. The minimum Gasteiger partial charge on any atom is -0.267 e. The number of H-pyrrole nitrogens is 1. The van der Waals surface area contributed by atoms with Gasteiger partial charge in [0.25, 0.3) is 11.5 Å². The number of carbonyl (C=O) groups excluding carboxylic acids is 1. The number of hydrogen-bond donors (Lipinski definition) is 2. The first-order chi connectivity index (χ1) is 15.1. The van der Waals surface area contributed by atoms with E-state index in [1.54, 1.807) is 24.3 Å². The fraction of sp³-hybridized carbons (Fsp3) is 0. The first-order valence-electron chi connectivity index (χ1n) is 9.46. The molecule has 7 heteroatoms. The summed E-state index contributed by atoms with van der Waals surface area (Å²) in [6, 6.07) is 24.3. The third-order valence-corrected chi connectivity index (χ3v) is 4.59. The van der Waals surface area contributed by atoms with Crippen LogP contribution in [0.4, 0.5) is 4.39 Å². The van der Waals surface area contributed by atoms with Crippen LogP contribution in [0.25, 0.3) is 22.4 Å². The maximum absolute atomic E-state index is 13.8. The Bertz CT molecular complexity index is 1300. The second-order valence-electron chi connectivity index (χ2n) is 6.60. The van der Waals surface area contributed by atoms with E-state index in [1.165, 1.54) is 18.3 Å². The summed E-state index contributed by atoms with van der Waals surface area (Å²) in [6.45, 7) is 0. The highest BCUT2D eigenvalue weighted by molar-refractivity contribution is 6.03. The van der Waals surface area contributed by atoms with Crippen molar-refractivity contribution in [3.05, 3.63) is 112 Å². The second-order valence-corrected chi connectivity index (χ2v) is 6.60. The molecule has 6 nitrogen and oxygen atoms in total. The zero-order chi connectivity index (χ0) is 21.6. The Kier molecular flexibility index (Phi) is 5.75. The van der Waals surface area contributed by atoms with E-state index in [9.17, 15) is 14.0 Å². The Balaban J connectivity index is 1.79. The van der Waals surface area contributed by atoms with Crippen molar-refractivity contribution in [3.63, 3.8) is 0 Å². The molecular formula is C24H17FN4O2. The molecule has 4 aromatic rings. The fourth-order valence-corrected chi connectivity index (χ4v) is 3.15. The third-order valence-electron chi connectivity index (χ3n) is 4.59. The highest BCUT2D eigenvalue weighted by Gasteiger charge is 2.22. The van der Waals surface area contributed by atoms with E-state index in [2.05, 4.69) is 20.7 Å². The minimum absolute atomic E-state index is 0.134. The van der Waals surface area contributed by atoms with Crippen molar-refractivity contribution in [2.24, 2.45) is 5.10 Å². The van der Waals surface area contributed by atoms with Gasteiger partial charge < -0.3 is 0 Å². The fourth-order valence-electron chi connectivity index (χ4n) is 3.15. The van der Waals surface area contributed by atoms with Gasteiger partial charge in [-0.1, -0.05) is 78.9 Å². The molecule has 0 saturated heterocycles. The molecule has 1 amide bonds. The van der Waals surface area contributed by atoms with E-state index < -0.39 is 17.3 Å². The van der Waals surface area contributed by atoms with Crippen LogP contribution in [0.2, 0.25) is 0 Å². The molecule has 1 aromatic heterocycles. The van der Waals surface area contributed by atoms with Crippen molar-refractivity contribution < 1.29 is 9.18 Å². The van der Waals surface area contributed by atoms with Crippen molar-refractivity contribution >= 4 is 12.1 Å². The van der Waals surface area contributed by atoms with E-state index in [0.717, 1.165) is 5.56 Å². The molecule has 3 aromatic carbocycles. The van der Waals surface area contributed by atoms with Gasteiger partial charge in [-0.25, -0.2) is 14.9 Å². The molecule has 2 N–H and O–H groups in total. The summed E-state index contributed by atoms with van der Waals surface area (Å²) in [7, 11) is 0. The molecule has 31 heavy (non-hydrogen) atoms. The topological polar surface area (TPSA) is 87.2 Å². The van der Waals surface area contributed by atoms with Gasteiger partial charge in [0.1, 0.15) is 11.4 Å².